The van der Waals surface area contributed by atoms with Crippen LogP contribution in [0.3, 0.4) is 0 Å². The Labute approximate surface area is 111 Å². The lowest BCUT2D eigenvalue weighted by Crippen LogP contribution is -2.37. The first-order valence-electron chi connectivity index (χ1n) is 6.13. The molecule has 1 aromatic rings. The monoisotopic (exact) mass is 269 g/mol. The molecule has 2 N–H and O–H groups in total. The maximum atomic E-state index is 11.3. The van der Waals surface area contributed by atoms with Crippen LogP contribution in [0.2, 0.25) is 0 Å². The number of nitrogens with one attached hydrogen (secondary N) is 1. The Morgan fingerprint density at radius 2 is 2.21 bits per heavy atom. The molecule has 0 radical (unpaired) electrons. The SMILES string of the molecule is CCCN(CCn1cc(C(=O)O)nn1)CC(=O)NC. The first-order chi connectivity index (χ1) is 9.06. The van der Waals surface area contributed by atoms with Gasteiger partial charge in [-0.25, -0.2) is 4.79 Å². The minimum atomic E-state index is -1.10. The molecule has 0 unspecified atom stereocenters. The molecule has 0 bridgehead atoms. The summed E-state index contributed by atoms with van der Waals surface area (Å²) >= 11 is 0. The zero-order valence-electron chi connectivity index (χ0n) is 11.2. The second-order valence-electron chi connectivity index (χ2n) is 4.12. The molecule has 8 nitrogen and oxygen atoms in total. The fourth-order valence-corrected chi connectivity index (χ4v) is 1.62. The van der Waals surface area contributed by atoms with Crippen LogP contribution in [-0.2, 0) is 11.3 Å². The van der Waals surface area contributed by atoms with Gasteiger partial charge in [0.1, 0.15) is 0 Å². The summed E-state index contributed by atoms with van der Waals surface area (Å²) in [4.78, 5) is 24.0. The second kappa shape index (κ2) is 7.47. The van der Waals surface area contributed by atoms with Crippen LogP contribution in [-0.4, -0.2) is 63.6 Å². The molecule has 19 heavy (non-hydrogen) atoms. The van der Waals surface area contributed by atoms with Crippen molar-refractivity contribution in [2.45, 2.75) is 19.9 Å². The van der Waals surface area contributed by atoms with Crippen LogP contribution in [0.15, 0.2) is 6.20 Å². The Bertz CT molecular complexity index is 432. The van der Waals surface area contributed by atoms with Crippen molar-refractivity contribution < 1.29 is 14.7 Å². The van der Waals surface area contributed by atoms with Gasteiger partial charge in [-0.05, 0) is 13.0 Å². The molecule has 0 saturated heterocycles. The van der Waals surface area contributed by atoms with Crippen molar-refractivity contribution in [1.82, 2.24) is 25.2 Å². The number of hydrogen-bond donors (Lipinski definition) is 2. The Balaban J connectivity index is 2.50. The van der Waals surface area contributed by atoms with E-state index < -0.39 is 5.97 Å². The van der Waals surface area contributed by atoms with Crippen molar-refractivity contribution in [3.63, 3.8) is 0 Å². The number of carboxylic acid groups (broad SMARTS) is 1. The minimum Gasteiger partial charge on any atom is -0.476 e. The van der Waals surface area contributed by atoms with Gasteiger partial charge in [-0.15, -0.1) is 5.10 Å². The lowest BCUT2D eigenvalue weighted by atomic mass is 10.3. The number of likely N-dealkylation sites (N-methyl/N-ethyl adjacent to an activating group) is 1. The van der Waals surface area contributed by atoms with E-state index in [1.165, 1.54) is 10.9 Å². The third-order valence-corrected chi connectivity index (χ3v) is 2.59. The van der Waals surface area contributed by atoms with Crippen molar-refractivity contribution >= 4 is 11.9 Å². The van der Waals surface area contributed by atoms with E-state index in [9.17, 15) is 9.59 Å². The molecule has 0 atom stereocenters. The van der Waals surface area contributed by atoms with Gasteiger partial charge in [0.25, 0.3) is 0 Å². The van der Waals surface area contributed by atoms with Crippen LogP contribution in [0.1, 0.15) is 23.8 Å². The van der Waals surface area contributed by atoms with Crippen LogP contribution in [0.25, 0.3) is 0 Å². The van der Waals surface area contributed by atoms with Gasteiger partial charge in [-0.1, -0.05) is 12.1 Å². The van der Waals surface area contributed by atoms with Crippen molar-refractivity contribution in [1.29, 1.82) is 0 Å². The zero-order chi connectivity index (χ0) is 14.3. The molecule has 106 valence electrons. The average Bonchev–Trinajstić information content (AvgIpc) is 2.85. The molecule has 1 rings (SSSR count). The highest BCUT2D eigenvalue weighted by Gasteiger charge is 2.11. The molecule has 1 aromatic heterocycles. The van der Waals surface area contributed by atoms with Crippen LogP contribution < -0.4 is 5.32 Å². The molecule has 1 amide bonds. The maximum Gasteiger partial charge on any atom is 0.358 e. The number of nitrogens with zero attached hydrogens (tertiary/aromatic N) is 4. The van der Waals surface area contributed by atoms with E-state index in [1.54, 1.807) is 7.05 Å². The number of aromatic nitrogens is 3. The molecular weight excluding hydrogens is 250 g/mol. The van der Waals surface area contributed by atoms with Gasteiger partial charge in [0.15, 0.2) is 5.69 Å². The topological polar surface area (TPSA) is 100 Å². The van der Waals surface area contributed by atoms with E-state index in [-0.39, 0.29) is 11.6 Å². The first-order valence-corrected chi connectivity index (χ1v) is 6.13. The Morgan fingerprint density at radius 1 is 1.47 bits per heavy atom. The van der Waals surface area contributed by atoms with Gasteiger partial charge in [0.2, 0.25) is 5.91 Å². The average molecular weight is 269 g/mol. The summed E-state index contributed by atoms with van der Waals surface area (Å²) in [5.74, 6) is -1.14. The highest BCUT2D eigenvalue weighted by atomic mass is 16.4. The van der Waals surface area contributed by atoms with Gasteiger partial charge >= 0.3 is 5.97 Å². The summed E-state index contributed by atoms with van der Waals surface area (Å²) in [5.41, 5.74) is -0.0756. The smallest absolute Gasteiger partial charge is 0.358 e. The van der Waals surface area contributed by atoms with Crippen LogP contribution in [0.4, 0.5) is 0 Å². The predicted molar refractivity (Wildman–Crippen MR) is 67.8 cm³/mol. The molecule has 1 heterocycles. The number of amides is 1. The summed E-state index contributed by atoms with van der Waals surface area (Å²) in [6, 6.07) is 0. The molecular formula is C11H19N5O3. The fourth-order valence-electron chi connectivity index (χ4n) is 1.62. The van der Waals surface area contributed by atoms with E-state index in [0.717, 1.165) is 13.0 Å². The van der Waals surface area contributed by atoms with E-state index in [2.05, 4.69) is 15.6 Å². The molecule has 0 aliphatic heterocycles. The van der Waals surface area contributed by atoms with Crippen LogP contribution in [0.5, 0.6) is 0 Å². The zero-order valence-corrected chi connectivity index (χ0v) is 11.2. The van der Waals surface area contributed by atoms with E-state index in [1.807, 2.05) is 11.8 Å². The predicted octanol–water partition coefficient (Wildman–Crippen LogP) is -0.566. The lowest BCUT2D eigenvalue weighted by molar-refractivity contribution is -0.121. The number of aromatic carboxylic acids is 1. The van der Waals surface area contributed by atoms with Gasteiger partial charge < -0.3 is 10.4 Å². The molecule has 0 spiro atoms. The minimum absolute atomic E-state index is 0.0433. The van der Waals surface area contributed by atoms with Crippen LogP contribution >= 0.6 is 0 Å². The van der Waals surface area contributed by atoms with Gasteiger partial charge in [-0.3, -0.25) is 14.4 Å². The second-order valence-corrected chi connectivity index (χ2v) is 4.12. The molecule has 0 aliphatic rings. The largest absolute Gasteiger partial charge is 0.476 e. The summed E-state index contributed by atoms with van der Waals surface area (Å²) in [6.45, 7) is 4.27. The number of rotatable bonds is 8. The first kappa shape index (κ1) is 15.1. The molecule has 0 aromatic carbocycles. The normalized spacial score (nSPS) is 10.7. The third kappa shape index (κ3) is 5.04. The Morgan fingerprint density at radius 3 is 2.74 bits per heavy atom. The third-order valence-electron chi connectivity index (χ3n) is 2.59. The van der Waals surface area contributed by atoms with E-state index in [4.69, 9.17) is 5.11 Å². The molecule has 0 aliphatic carbocycles. The molecule has 0 saturated carbocycles. The molecule has 8 heteroatoms. The summed E-state index contributed by atoms with van der Waals surface area (Å²) < 4.78 is 1.47. The Hall–Kier alpha value is -1.96. The lowest BCUT2D eigenvalue weighted by Gasteiger charge is -2.20. The standard InChI is InChI=1S/C11H19N5O3/c1-3-4-15(8-10(17)12-2)5-6-16-7-9(11(18)19)13-14-16/h7H,3-6,8H2,1-2H3,(H,12,17)(H,18,19). The van der Waals surface area contributed by atoms with Gasteiger partial charge in [-0.2, -0.15) is 0 Å². The number of carboxylic acids is 1. The van der Waals surface area contributed by atoms with Crippen LogP contribution in [0, 0.1) is 0 Å². The number of carbonyl (C=O) groups excluding carboxylic acids is 1. The summed E-state index contributed by atoms with van der Waals surface area (Å²) in [5, 5.41) is 18.6. The van der Waals surface area contributed by atoms with E-state index >= 15 is 0 Å². The van der Waals surface area contributed by atoms with Crippen molar-refractivity contribution in [2.24, 2.45) is 0 Å². The molecule has 0 fully saturated rings. The van der Waals surface area contributed by atoms with E-state index in [0.29, 0.717) is 19.6 Å². The van der Waals surface area contributed by atoms with Crippen molar-refractivity contribution in [3.05, 3.63) is 11.9 Å². The fraction of sp³-hybridized carbons (Fsp3) is 0.636. The van der Waals surface area contributed by atoms with Gasteiger partial charge in [0, 0.05) is 13.6 Å². The highest BCUT2D eigenvalue weighted by Crippen LogP contribution is 1.96. The summed E-state index contributed by atoms with van der Waals surface area (Å²) in [6.07, 6.45) is 2.32. The van der Waals surface area contributed by atoms with Gasteiger partial charge in [0.05, 0.1) is 19.3 Å². The quantitative estimate of drug-likeness (QED) is 0.656. The Kier molecular flexibility index (Phi) is 5.94. The number of carbonyl (C=O) groups is 2. The number of hydrogen-bond acceptors (Lipinski definition) is 5. The highest BCUT2D eigenvalue weighted by molar-refractivity contribution is 5.84. The van der Waals surface area contributed by atoms with Crippen molar-refractivity contribution in [3.8, 4) is 0 Å². The summed E-state index contributed by atoms with van der Waals surface area (Å²) in [7, 11) is 1.60. The van der Waals surface area contributed by atoms with Crippen molar-refractivity contribution in [2.75, 3.05) is 26.7 Å². The maximum absolute atomic E-state index is 11.3.